The molecule has 0 bridgehead atoms. The zero-order chi connectivity index (χ0) is 16.1. The van der Waals surface area contributed by atoms with Gasteiger partial charge in [0.1, 0.15) is 18.9 Å². The van der Waals surface area contributed by atoms with Crippen molar-refractivity contribution in [2.24, 2.45) is 0 Å². The third-order valence-electron chi connectivity index (χ3n) is 3.73. The molecule has 0 radical (unpaired) electrons. The Hall–Kier alpha value is -2.08. The number of fused-ring (bicyclic) bond motifs is 1. The molecule has 10 nitrogen and oxygen atoms in total. The molecule has 4 atom stereocenters. The van der Waals surface area contributed by atoms with Gasteiger partial charge in [-0.3, -0.25) is 14.3 Å². The van der Waals surface area contributed by atoms with Crippen LogP contribution in [0.15, 0.2) is 11.1 Å². The topological polar surface area (TPSA) is 160 Å². The van der Waals surface area contributed by atoms with E-state index >= 15 is 0 Å². The van der Waals surface area contributed by atoms with E-state index in [4.69, 9.17) is 10.5 Å². The molecule has 1 aliphatic heterocycles. The van der Waals surface area contributed by atoms with Crippen LogP contribution < -0.4 is 11.3 Å². The molecule has 0 amide bonds. The molecule has 0 spiro atoms. The first-order valence-electron chi connectivity index (χ1n) is 6.36. The highest BCUT2D eigenvalue weighted by molar-refractivity contribution is 5.70. The number of nitrogens with one attached hydrogen (secondary N) is 1. The maximum absolute atomic E-state index is 13.2. The van der Waals surface area contributed by atoms with Gasteiger partial charge in [0.05, 0.1) is 12.9 Å². The second-order valence-corrected chi connectivity index (χ2v) is 5.08. The lowest BCUT2D eigenvalue weighted by molar-refractivity contribution is -0.136. The lowest BCUT2D eigenvalue weighted by Crippen LogP contribution is -2.48. The maximum atomic E-state index is 13.2. The van der Waals surface area contributed by atoms with Crippen LogP contribution in [0.3, 0.4) is 0 Å². The Labute approximate surface area is 122 Å². The van der Waals surface area contributed by atoms with Crippen LogP contribution in [0.5, 0.6) is 0 Å². The number of aromatic nitrogens is 4. The Morgan fingerprint density at radius 2 is 2.27 bits per heavy atom. The number of H-pyrrole nitrogens is 1. The molecular formula is C11H14FN5O5. The van der Waals surface area contributed by atoms with E-state index in [0.717, 1.165) is 10.9 Å². The normalized spacial score (nSPS) is 31.9. The van der Waals surface area contributed by atoms with Crippen LogP contribution in [-0.2, 0) is 4.74 Å². The molecular weight excluding hydrogens is 301 g/mol. The number of nitrogens with two attached hydrogens (primary N) is 1. The predicted octanol–water partition coefficient (Wildman–Crippen LogP) is -2.35. The first-order valence-corrected chi connectivity index (χ1v) is 6.36. The van der Waals surface area contributed by atoms with E-state index in [1.807, 2.05) is 0 Å². The number of nitrogens with zero attached hydrogens (tertiary/aromatic N) is 3. The second-order valence-electron chi connectivity index (χ2n) is 5.08. The minimum Gasteiger partial charge on any atom is -0.393 e. The number of aliphatic hydroxyl groups is 3. The monoisotopic (exact) mass is 315 g/mol. The van der Waals surface area contributed by atoms with Gasteiger partial charge in [-0.05, 0) is 0 Å². The summed E-state index contributed by atoms with van der Waals surface area (Å²) in [7, 11) is 0. The molecule has 0 unspecified atom stereocenters. The van der Waals surface area contributed by atoms with E-state index in [1.54, 1.807) is 0 Å². The quantitative estimate of drug-likeness (QED) is 0.421. The molecule has 3 rings (SSSR count). The number of imidazole rings is 1. The Morgan fingerprint density at radius 3 is 2.86 bits per heavy atom. The summed E-state index contributed by atoms with van der Waals surface area (Å²) in [5.41, 5.74) is 2.87. The lowest BCUT2D eigenvalue weighted by atomic mass is 9.98. The average molecular weight is 315 g/mol. The fourth-order valence-electron chi connectivity index (χ4n) is 2.48. The Balaban J connectivity index is 2.11. The minimum atomic E-state index is -1.95. The van der Waals surface area contributed by atoms with Gasteiger partial charge in [-0.15, -0.1) is 0 Å². The fourth-order valence-corrected chi connectivity index (χ4v) is 2.48. The van der Waals surface area contributed by atoms with Gasteiger partial charge < -0.3 is 25.8 Å². The largest absolute Gasteiger partial charge is 0.393 e. The highest BCUT2D eigenvalue weighted by Gasteiger charge is 2.55. The van der Waals surface area contributed by atoms with Crippen LogP contribution in [0, 0.1) is 0 Å². The summed E-state index contributed by atoms with van der Waals surface area (Å²) >= 11 is 0. The minimum absolute atomic E-state index is 0.00472. The molecule has 2 aromatic rings. The third kappa shape index (κ3) is 1.90. The number of hydrogen-bond donors (Lipinski definition) is 5. The number of aromatic amines is 1. The average Bonchev–Trinajstić information content (AvgIpc) is 3.01. The number of anilines is 1. The van der Waals surface area contributed by atoms with Crippen molar-refractivity contribution in [3.05, 3.63) is 16.7 Å². The van der Waals surface area contributed by atoms with E-state index in [0.29, 0.717) is 0 Å². The molecule has 1 saturated heterocycles. The van der Waals surface area contributed by atoms with Crippen molar-refractivity contribution in [2.45, 2.75) is 24.0 Å². The van der Waals surface area contributed by atoms with Gasteiger partial charge in [0.15, 0.2) is 23.0 Å². The number of aliphatic hydroxyl groups excluding tert-OH is 3. The van der Waals surface area contributed by atoms with Crippen molar-refractivity contribution in [3.63, 3.8) is 0 Å². The molecule has 0 saturated carbocycles. The molecule has 120 valence electrons. The second kappa shape index (κ2) is 4.98. The van der Waals surface area contributed by atoms with Gasteiger partial charge in [-0.25, -0.2) is 9.37 Å². The Bertz CT molecular complexity index is 757. The number of rotatable bonds is 3. The highest BCUT2D eigenvalue weighted by atomic mass is 19.1. The summed E-state index contributed by atoms with van der Waals surface area (Å²) < 4.78 is 19.6. The van der Waals surface area contributed by atoms with Crippen molar-refractivity contribution in [1.29, 1.82) is 0 Å². The Morgan fingerprint density at radius 1 is 1.55 bits per heavy atom. The summed E-state index contributed by atoms with van der Waals surface area (Å²) in [6.45, 7) is -2.04. The van der Waals surface area contributed by atoms with Crippen molar-refractivity contribution in [2.75, 3.05) is 19.0 Å². The SMILES string of the molecule is Nc1nc2c(ncn2[C@@H]2O[C@@](CO)(CF)[C@@H](O)[C@H]2O)c(=O)[nH]1. The molecule has 1 aliphatic rings. The predicted molar refractivity (Wildman–Crippen MR) is 70.5 cm³/mol. The van der Waals surface area contributed by atoms with Crippen LogP contribution in [0.4, 0.5) is 10.3 Å². The first-order chi connectivity index (χ1) is 10.4. The van der Waals surface area contributed by atoms with Crippen molar-refractivity contribution in [3.8, 4) is 0 Å². The molecule has 3 heterocycles. The van der Waals surface area contributed by atoms with Crippen LogP contribution in [0.2, 0.25) is 0 Å². The summed E-state index contributed by atoms with van der Waals surface area (Å²) in [6, 6.07) is 0. The molecule has 1 fully saturated rings. The third-order valence-corrected chi connectivity index (χ3v) is 3.73. The zero-order valence-corrected chi connectivity index (χ0v) is 11.2. The first kappa shape index (κ1) is 14.8. The number of hydrogen-bond acceptors (Lipinski definition) is 8. The van der Waals surface area contributed by atoms with Crippen molar-refractivity contribution < 1.29 is 24.4 Å². The van der Waals surface area contributed by atoms with Gasteiger partial charge in [0.25, 0.3) is 5.56 Å². The highest BCUT2D eigenvalue weighted by Crippen LogP contribution is 2.38. The smallest absolute Gasteiger partial charge is 0.280 e. The van der Waals surface area contributed by atoms with Gasteiger partial charge in [-0.2, -0.15) is 4.98 Å². The standard InChI is InChI=1S/C11H14FN5O5/c12-1-11(2-18)6(20)5(19)9(22-11)17-3-14-4-7(17)15-10(13)16-8(4)21/h3,5-6,9,18-20H,1-2H2,(H3,13,15,16,21)/t5-,6+,9-,11-/m1/s1. The van der Waals surface area contributed by atoms with Crippen molar-refractivity contribution in [1.82, 2.24) is 19.5 Å². The molecule has 2 aromatic heterocycles. The van der Waals surface area contributed by atoms with Crippen LogP contribution in [0.1, 0.15) is 6.23 Å². The van der Waals surface area contributed by atoms with Gasteiger partial charge in [0.2, 0.25) is 5.95 Å². The number of nitrogen functional groups attached to an aromatic ring is 1. The van der Waals surface area contributed by atoms with Crippen LogP contribution >= 0.6 is 0 Å². The van der Waals surface area contributed by atoms with E-state index in [2.05, 4.69) is 15.0 Å². The summed E-state index contributed by atoms with van der Waals surface area (Å²) in [4.78, 5) is 21.7. The van der Waals surface area contributed by atoms with E-state index in [9.17, 15) is 24.5 Å². The number of halogens is 1. The molecule has 0 aromatic carbocycles. The van der Waals surface area contributed by atoms with Gasteiger partial charge >= 0.3 is 0 Å². The van der Waals surface area contributed by atoms with Crippen molar-refractivity contribution >= 4 is 17.1 Å². The molecule has 0 aliphatic carbocycles. The molecule has 11 heteroatoms. The summed E-state index contributed by atoms with van der Waals surface area (Å²) in [5, 5.41) is 29.3. The van der Waals surface area contributed by atoms with Crippen LogP contribution in [0.25, 0.3) is 11.2 Å². The summed E-state index contributed by atoms with van der Waals surface area (Å²) in [5.74, 6) is -0.175. The van der Waals surface area contributed by atoms with E-state index < -0.39 is 42.9 Å². The maximum Gasteiger partial charge on any atom is 0.280 e. The number of ether oxygens (including phenoxy) is 1. The fraction of sp³-hybridized carbons (Fsp3) is 0.545. The van der Waals surface area contributed by atoms with E-state index in [-0.39, 0.29) is 17.1 Å². The van der Waals surface area contributed by atoms with E-state index in [1.165, 1.54) is 0 Å². The molecule has 22 heavy (non-hydrogen) atoms. The lowest BCUT2D eigenvalue weighted by Gasteiger charge is -2.26. The van der Waals surface area contributed by atoms with Gasteiger partial charge in [-0.1, -0.05) is 0 Å². The van der Waals surface area contributed by atoms with Crippen LogP contribution in [-0.4, -0.2) is 65.9 Å². The molecule has 6 N–H and O–H groups in total. The number of alkyl halides is 1. The summed E-state index contributed by atoms with van der Waals surface area (Å²) in [6.07, 6.45) is -3.35. The Kier molecular flexibility index (Phi) is 3.36. The van der Waals surface area contributed by atoms with Gasteiger partial charge in [0, 0.05) is 0 Å². The zero-order valence-electron chi connectivity index (χ0n) is 11.2.